The Morgan fingerprint density at radius 1 is 1.13 bits per heavy atom. The van der Waals surface area contributed by atoms with Gasteiger partial charge in [-0.3, -0.25) is 4.79 Å². The van der Waals surface area contributed by atoms with Crippen molar-refractivity contribution in [3.8, 4) is 5.75 Å². The average molecular weight is 444 g/mol. The lowest BCUT2D eigenvalue weighted by atomic mass is 9.91. The topological polar surface area (TPSA) is 99.2 Å². The third-order valence-corrected chi connectivity index (χ3v) is 8.35. The first-order valence-corrected chi connectivity index (χ1v) is 11.9. The number of benzene rings is 2. The van der Waals surface area contributed by atoms with Crippen LogP contribution in [0.1, 0.15) is 28.8 Å². The van der Waals surface area contributed by atoms with E-state index < -0.39 is 15.7 Å². The van der Waals surface area contributed by atoms with Gasteiger partial charge >= 0.3 is 0 Å². The minimum Gasteiger partial charge on any atom is -0.493 e. The highest BCUT2D eigenvalue weighted by molar-refractivity contribution is 7.89. The zero-order valence-electron chi connectivity index (χ0n) is 17.1. The maximum atomic E-state index is 13.3. The summed E-state index contributed by atoms with van der Waals surface area (Å²) in [5, 5.41) is 13.0. The smallest absolute Gasteiger partial charge is 0.257 e. The number of aliphatic hydroxyl groups excluding tert-OH is 1. The van der Waals surface area contributed by atoms with E-state index in [0.29, 0.717) is 31.4 Å². The predicted octanol–water partition coefficient (Wildman–Crippen LogP) is 1.66. The average Bonchev–Trinajstić information content (AvgIpc) is 3.25. The largest absolute Gasteiger partial charge is 0.493 e. The Morgan fingerprint density at radius 3 is 2.68 bits per heavy atom. The number of piperidine rings is 1. The van der Waals surface area contributed by atoms with Crippen LogP contribution in [0.15, 0.2) is 47.4 Å². The molecule has 9 heteroatoms. The number of amides is 1. The van der Waals surface area contributed by atoms with E-state index in [-0.39, 0.29) is 37.0 Å². The van der Waals surface area contributed by atoms with Gasteiger partial charge in [0.1, 0.15) is 11.4 Å². The fraction of sp³-hybridized carbons (Fsp3) is 0.409. The molecule has 1 fully saturated rings. The van der Waals surface area contributed by atoms with Crippen LogP contribution in [-0.2, 0) is 16.4 Å². The number of nitrogens with zero attached hydrogens (tertiary/aromatic N) is 2. The predicted molar refractivity (Wildman–Crippen MR) is 115 cm³/mol. The second-order valence-electron chi connectivity index (χ2n) is 8.15. The van der Waals surface area contributed by atoms with E-state index in [4.69, 9.17) is 4.74 Å². The number of para-hydroxylation sites is 1. The Labute approximate surface area is 181 Å². The molecular formula is C22H25N3O5S. The Bertz CT molecular complexity index is 1130. The van der Waals surface area contributed by atoms with E-state index in [9.17, 15) is 18.3 Å². The molecule has 3 heterocycles. The monoisotopic (exact) mass is 443 g/mol. The van der Waals surface area contributed by atoms with E-state index in [1.165, 1.54) is 4.31 Å². The maximum absolute atomic E-state index is 13.3. The van der Waals surface area contributed by atoms with Crippen LogP contribution in [0, 0.1) is 0 Å². The van der Waals surface area contributed by atoms with Crippen LogP contribution in [-0.4, -0.2) is 67.1 Å². The molecule has 3 aliphatic heterocycles. The number of hydrogen-bond donors (Lipinski definition) is 2. The van der Waals surface area contributed by atoms with Gasteiger partial charge in [0, 0.05) is 44.6 Å². The van der Waals surface area contributed by atoms with Gasteiger partial charge in [0.05, 0.1) is 23.7 Å². The molecule has 31 heavy (non-hydrogen) atoms. The second-order valence-corrected chi connectivity index (χ2v) is 10.1. The van der Waals surface area contributed by atoms with E-state index in [0.717, 1.165) is 17.0 Å². The lowest BCUT2D eigenvalue weighted by molar-refractivity contribution is 0.0294. The van der Waals surface area contributed by atoms with Crippen LogP contribution in [0.4, 0.5) is 5.69 Å². The molecule has 8 nitrogen and oxygen atoms in total. The number of hydrogen-bond acceptors (Lipinski definition) is 6. The summed E-state index contributed by atoms with van der Waals surface area (Å²) in [5.41, 5.74) is 1.51. The second kappa shape index (κ2) is 7.51. The van der Waals surface area contributed by atoms with Crippen molar-refractivity contribution in [3.05, 3.63) is 53.6 Å². The molecule has 0 aromatic heterocycles. The van der Waals surface area contributed by atoms with E-state index >= 15 is 0 Å². The quantitative estimate of drug-likeness (QED) is 0.746. The number of rotatable bonds is 4. The molecule has 1 amide bonds. The van der Waals surface area contributed by atoms with Crippen molar-refractivity contribution in [3.63, 3.8) is 0 Å². The van der Waals surface area contributed by atoms with Crippen molar-refractivity contribution in [1.82, 2.24) is 9.21 Å². The molecule has 0 aliphatic carbocycles. The van der Waals surface area contributed by atoms with Crippen molar-refractivity contribution < 1.29 is 23.1 Å². The number of sulfonamides is 1. The van der Waals surface area contributed by atoms with Crippen LogP contribution >= 0.6 is 0 Å². The molecular weight excluding hydrogens is 418 g/mol. The van der Waals surface area contributed by atoms with Crippen molar-refractivity contribution in [2.45, 2.75) is 29.8 Å². The van der Waals surface area contributed by atoms with Gasteiger partial charge in [-0.2, -0.15) is 4.31 Å². The Balaban J connectivity index is 1.40. The number of aliphatic hydroxyl groups is 1. The van der Waals surface area contributed by atoms with Crippen molar-refractivity contribution in [2.24, 2.45) is 0 Å². The summed E-state index contributed by atoms with van der Waals surface area (Å²) >= 11 is 0. The van der Waals surface area contributed by atoms with Crippen molar-refractivity contribution in [2.75, 3.05) is 38.2 Å². The third-order valence-electron chi connectivity index (χ3n) is 6.46. The molecule has 0 radical (unpaired) electrons. The number of ether oxygens (including phenoxy) is 1. The Morgan fingerprint density at radius 2 is 1.90 bits per heavy atom. The van der Waals surface area contributed by atoms with Gasteiger partial charge in [0.15, 0.2) is 0 Å². The highest BCUT2D eigenvalue weighted by Crippen LogP contribution is 2.39. The fourth-order valence-corrected chi connectivity index (χ4v) is 6.31. The molecule has 3 aliphatic rings. The van der Waals surface area contributed by atoms with Gasteiger partial charge in [-0.25, -0.2) is 8.42 Å². The summed E-state index contributed by atoms with van der Waals surface area (Å²) in [4.78, 5) is 15.1. The number of anilines is 1. The van der Waals surface area contributed by atoms with Gasteiger partial charge < -0.3 is 20.1 Å². The van der Waals surface area contributed by atoms with Gasteiger partial charge in [-0.15, -0.1) is 0 Å². The number of nitrogens with one attached hydrogen (secondary N) is 1. The minimum absolute atomic E-state index is 0.140. The summed E-state index contributed by atoms with van der Waals surface area (Å²) in [6.07, 6.45) is 1.57. The molecule has 2 aromatic carbocycles. The number of carbonyl (C=O) groups excluding carboxylic acids is 1. The summed E-state index contributed by atoms with van der Waals surface area (Å²) in [6.45, 7) is 1.17. The van der Waals surface area contributed by atoms with Crippen molar-refractivity contribution in [1.29, 1.82) is 0 Å². The molecule has 2 N–H and O–H groups in total. The summed E-state index contributed by atoms with van der Waals surface area (Å²) < 4.78 is 33.5. The number of β-amino-alcohol motifs (C(OH)–C–C–N with tert-alkyl or cyclic N) is 1. The third kappa shape index (κ3) is 3.28. The van der Waals surface area contributed by atoms with Crippen LogP contribution < -0.4 is 10.1 Å². The Hall–Kier alpha value is -2.62. The lowest BCUT2D eigenvalue weighted by Gasteiger charge is -2.51. The highest BCUT2D eigenvalue weighted by atomic mass is 32.2. The van der Waals surface area contributed by atoms with Crippen LogP contribution in [0.5, 0.6) is 5.75 Å². The van der Waals surface area contributed by atoms with Gasteiger partial charge in [0.25, 0.3) is 5.91 Å². The molecule has 0 saturated carbocycles. The molecule has 1 saturated heterocycles. The molecule has 5 rings (SSSR count). The van der Waals surface area contributed by atoms with Crippen LogP contribution in [0.25, 0.3) is 0 Å². The van der Waals surface area contributed by atoms with Gasteiger partial charge in [-0.1, -0.05) is 12.1 Å². The summed E-state index contributed by atoms with van der Waals surface area (Å²) in [6, 6.07) is 12.3. The first kappa shape index (κ1) is 20.3. The van der Waals surface area contributed by atoms with Crippen LogP contribution in [0.3, 0.4) is 0 Å². The molecule has 0 unspecified atom stereocenters. The molecule has 1 spiro atoms. The van der Waals surface area contributed by atoms with E-state index in [1.807, 2.05) is 18.2 Å². The van der Waals surface area contributed by atoms with Crippen molar-refractivity contribution >= 4 is 21.6 Å². The number of fused-ring (bicyclic) bond motifs is 2. The number of carbonyl (C=O) groups is 1. The normalized spacial score (nSPS) is 20.2. The molecule has 0 bridgehead atoms. The first-order chi connectivity index (χ1) is 14.9. The molecule has 0 atom stereocenters. The van der Waals surface area contributed by atoms with Gasteiger partial charge in [0.2, 0.25) is 10.0 Å². The van der Waals surface area contributed by atoms with E-state index in [2.05, 4.69) is 5.32 Å². The fourth-order valence-electron chi connectivity index (χ4n) is 4.82. The lowest BCUT2D eigenvalue weighted by Crippen LogP contribution is -2.64. The van der Waals surface area contributed by atoms with E-state index in [1.54, 1.807) is 29.2 Å². The summed E-state index contributed by atoms with van der Waals surface area (Å²) in [5.74, 6) is 0.609. The Kier molecular flexibility index (Phi) is 4.91. The van der Waals surface area contributed by atoms with Gasteiger partial charge in [-0.05, 0) is 35.9 Å². The SMILES string of the molecule is O=C1c2ccccc2NC2(CCN(S(=O)(=O)c3ccc4c(c3)CCO4)CC2)N1CCO. The maximum Gasteiger partial charge on any atom is 0.257 e. The highest BCUT2D eigenvalue weighted by Gasteiger charge is 2.47. The first-order valence-electron chi connectivity index (χ1n) is 10.5. The molecule has 164 valence electrons. The zero-order chi connectivity index (χ0) is 21.6. The van der Waals surface area contributed by atoms with Crippen LogP contribution in [0.2, 0.25) is 0 Å². The zero-order valence-corrected chi connectivity index (χ0v) is 17.9. The molecule has 2 aromatic rings. The standard InChI is InChI=1S/C22H25N3O5S/c26-13-12-25-21(27)18-3-1-2-4-19(18)23-22(25)8-10-24(11-9-22)31(28,29)17-5-6-20-16(15-17)7-14-30-20/h1-6,15,23,26H,7-14H2. The summed E-state index contributed by atoms with van der Waals surface area (Å²) in [7, 11) is -3.65. The minimum atomic E-state index is -3.65.